The molecule has 0 aliphatic heterocycles. The molecule has 0 aliphatic carbocycles. The van der Waals surface area contributed by atoms with Gasteiger partial charge < -0.3 is 21.2 Å². The maximum atomic E-state index is 9.52. The highest BCUT2D eigenvalue weighted by atomic mass is 16.4. The fourth-order valence-corrected chi connectivity index (χ4v) is 2.41. The summed E-state index contributed by atoms with van der Waals surface area (Å²) in [6.07, 6.45) is 18.8. The van der Waals surface area contributed by atoms with Crippen molar-refractivity contribution in [3.05, 3.63) is 12.2 Å². The lowest BCUT2D eigenvalue weighted by Gasteiger charge is -2.11. The first-order chi connectivity index (χ1) is 11.2. The van der Waals surface area contributed by atoms with Crippen LogP contribution in [0.3, 0.4) is 0 Å². The number of allylic oxidation sites excluding steroid dienone is 1. The molecule has 0 bridgehead atoms. The molecule has 0 aromatic carbocycles. The van der Waals surface area contributed by atoms with E-state index in [1.165, 1.54) is 70.6 Å². The van der Waals surface area contributed by atoms with E-state index in [0.717, 1.165) is 6.42 Å². The van der Waals surface area contributed by atoms with E-state index in [4.69, 9.17) is 16.0 Å². The van der Waals surface area contributed by atoms with Crippen LogP contribution in [0.25, 0.3) is 0 Å². The summed E-state index contributed by atoms with van der Waals surface area (Å²) in [7, 11) is 0. The second kappa shape index (κ2) is 21.5. The molecule has 0 amide bonds. The molecule has 0 rings (SSSR count). The summed E-state index contributed by atoms with van der Waals surface area (Å²) in [5, 5.41) is 24.8. The molecule has 0 unspecified atom stereocenters. The zero-order chi connectivity index (χ0) is 17.8. The van der Waals surface area contributed by atoms with Crippen molar-refractivity contribution in [1.82, 2.24) is 0 Å². The van der Waals surface area contributed by atoms with Crippen molar-refractivity contribution in [3.63, 3.8) is 0 Å². The summed E-state index contributed by atoms with van der Waals surface area (Å²) in [5.74, 6) is 3.50. The monoisotopic (exact) mass is 332 g/mol. The number of nitrogens with two attached hydrogens (primary N) is 2. The van der Waals surface area contributed by atoms with Gasteiger partial charge >= 0.3 is 0 Å². The van der Waals surface area contributed by atoms with Crippen LogP contribution in [0.1, 0.15) is 84.0 Å². The van der Waals surface area contributed by atoms with Crippen molar-refractivity contribution in [2.24, 2.45) is 11.6 Å². The molecule has 0 saturated heterocycles. The molecule has 0 radical (unpaired) electrons. The van der Waals surface area contributed by atoms with Crippen LogP contribution < -0.4 is 11.6 Å². The van der Waals surface area contributed by atoms with Crippen LogP contribution in [-0.2, 0) is 0 Å². The molecule has 0 aliphatic rings. The van der Waals surface area contributed by atoms with Gasteiger partial charge in [-0.05, 0) is 12.8 Å². The maximum Gasteiger partial charge on any atom is 0.0894 e. The third kappa shape index (κ3) is 19.5. The predicted octanol–water partition coefficient (Wildman–Crippen LogP) is 3.26. The van der Waals surface area contributed by atoms with Gasteiger partial charge in [-0.25, -0.2) is 5.90 Å². The molecule has 23 heavy (non-hydrogen) atoms. The van der Waals surface area contributed by atoms with Gasteiger partial charge in [-0.1, -0.05) is 83.3 Å². The van der Waals surface area contributed by atoms with E-state index >= 15 is 0 Å². The number of hydrogen-bond donors (Lipinski definition) is 5. The fourth-order valence-electron chi connectivity index (χ4n) is 2.41. The highest BCUT2D eigenvalue weighted by molar-refractivity contribution is 4.93. The van der Waals surface area contributed by atoms with E-state index in [-0.39, 0.29) is 6.61 Å². The average molecular weight is 333 g/mol. The molecule has 0 spiro atoms. The summed E-state index contributed by atoms with van der Waals surface area (Å²) < 4.78 is 0. The topological polar surface area (TPSA) is 113 Å². The first-order valence-corrected chi connectivity index (χ1v) is 9.19. The lowest BCUT2D eigenvalue weighted by molar-refractivity contribution is 0.144. The minimum Gasteiger partial charge on any atom is -0.395 e. The Morgan fingerprint density at radius 2 is 1.26 bits per heavy atom. The standard InChI is InChI=1S/C18H37NO2.H3NO/c1-2-3-4-5-6-7-8-9-10-11-12-13-14-15-18(21)17(19)16-20;1-2/h14-15,17-18,20-21H,2-13,16,19H2,1H3;2H,1H2/b15-14+;/t17-,18+;/m0./s1. The van der Waals surface area contributed by atoms with E-state index in [0.29, 0.717) is 0 Å². The van der Waals surface area contributed by atoms with Gasteiger partial charge in [0.25, 0.3) is 0 Å². The lowest BCUT2D eigenvalue weighted by atomic mass is 10.0. The number of aliphatic hydroxyl groups excluding tert-OH is 2. The zero-order valence-electron chi connectivity index (χ0n) is 15.0. The van der Waals surface area contributed by atoms with Gasteiger partial charge in [-0.15, -0.1) is 0 Å². The number of unbranched alkanes of at least 4 members (excludes halogenated alkanes) is 11. The zero-order valence-corrected chi connectivity index (χ0v) is 15.0. The molecule has 5 heteroatoms. The summed E-state index contributed by atoms with van der Waals surface area (Å²) in [6.45, 7) is 2.08. The van der Waals surface area contributed by atoms with E-state index in [2.05, 4.69) is 12.8 Å². The number of aliphatic hydroxyl groups is 2. The first-order valence-electron chi connectivity index (χ1n) is 9.19. The summed E-state index contributed by atoms with van der Waals surface area (Å²) in [5.41, 5.74) is 5.51. The van der Waals surface area contributed by atoms with E-state index in [9.17, 15) is 5.11 Å². The SMILES string of the molecule is CCCCCCCCCCCCC/C=C/[C@@H](O)[C@@H](N)CO.NO. The summed E-state index contributed by atoms with van der Waals surface area (Å²) in [4.78, 5) is 0. The van der Waals surface area contributed by atoms with Gasteiger partial charge in [0.05, 0.1) is 18.8 Å². The van der Waals surface area contributed by atoms with Gasteiger partial charge in [-0.3, -0.25) is 0 Å². The Bertz CT molecular complexity index is 238. The van der Waals surface area contributed by atoms with Crippen LogP contribution in [0, 0.1) is 0 Å². The maximum absolute atomic E-state index is 9.52. The van der Waals surface area contributed by atoms with E-state index < -0.39 is 12.1 Å². The molecule has 0 heterocycles. The van der Waals surface area contributed by atoms with Gasteiger partial charge in [0.15, 0.2) is 0 Å². The Morgan fingerprint density at radius 1 is 0.826 bits per heavy atom. The lowest BCUT2D eigenvalue weighted by Crippen LogP contribution is -2.36. The molecule has 5 nitrogen and oxygen atoms in total. The van der Waals surface area contributed by atoms with Gasteiger partial charge in [-0.2, -0.15) is 0 Å². The Kier molecular flexibility index (Phi) is 23.2. The Balaban J connectivity index is 0. The minimum absolute atomic E-state index is 0.177. The molecule has 140 valence electrons. The molecule has 0 aromatic rings. The van der Waals surface area contributed by atoms with Crippen LogP contribution in [0.5, 0.6) is 0 Å². The third-order valence-corrected chi connectivity index (χ3v) is 3.96. The Hall–Kier alpha value is -0.460. The molecular weight excluding hydrogens is 292 g/mol. The highest BCUT2D eigenvalue weighted by Crippen LogP contribution is 2.12. The van der Waals surface area contributed by atoms with Crippen LogP contribution in [0.2, 0.25) is 0 Å². The second-order valence-electron chi connectivity index (χ2n) is 6.09. The quantitative estimate of drug-likeness (QED) is 0.179. The normalized spacial score (nSPS) is 13.7. The van der Waals surface area contributed by atoms with Crippen LogP contribution >= 0.6 is 0 Å². The van der Waals surface area contributed by atoms with Crippen LogP contribution in [0.4, 0.5) is 0 Å². The Morgan fingerprint density at radius 3 is 1.70 bits per heavy atom. The van der Waals surface area contributed by atoms with E-state index in [1.807, 2.05) is 6.08 Å². The molecule has 7 N–H and O–H groups in total. The van der Waals surface area contributed by atoms with Gasteiger partial charge in [0.1, 0.15) is 0 Å². The fraction of sp³-hybridized carbons (Fsp3) is 0.889. The van der Waals surface area contributed by atoms with Crippen molar-refractivity contribution in [2.45, 2.75) is 96.1 Å². The van der Waals surface area contributed by atoms with Crippen molar-refractivity contribution in [3.8, 4) is 0 Å². The smallest absolute Gasteiger partial charge is 0.0894 e. The first kappa shape index (κ1) is 24.8. The summed E-state index contributed by atoms with van der Waals surface area (Å²) >= 11 is 0. The van der Waals surface area contributed by atoms with Crippen LogP contribution in [0.15, 0.2) is 12.2 Å². The van der Waals surface area contributed by atoms with Crippen molar-refractivity contribution in [2.75, 3.05) is 6.61 Å². The molecule has 0 saturated carbocycles. The third-order valence-electron chi connectivity index (χ3n) is 3.96. The highest BCUT2D eigenvalue weighted by Gasteiger charge is 2.08. The largest absolute Gasteiger partial charge is 0.395 e. The minimum atomic E-state index is -0.720. The number of rotatable bonds is 15. The van der Waals surface area contributed by atoms with Crippen LogP contribution in [-0.4, -0.2) is 34.2 Å². The number of hydrogen-bond acceptors (Lipinski definition) is 5. The molecule has 0 fully saturated rings. The van der Waals surface area contributed by atoms with Crippen molar-refractivity contribution < 1.29 is 15.4 Å². The summed E-state index contributed by atoms with van der Waals surface area (Å²) in [6, 6.07) is -0.557. The molecule has 2 atom stereocenters. The van der Waals surface area contributed by atoms with Crippen molar-refractivity contribution in [1.29, 1.82) is 0 Å². The second-order valence-corrected chi connectivity index (χ2v) is 6.09. The Labute approximate surface area is 142 Å². The molecule has 0 aromatic heterocycles. The predicted molar refractivity (Wildman–Crippen MR) is 97.3 cm³/mol. The van der Waals surface area contributed by atoms with E-state index in [1.54, 1.807) is 6.08 Å². The van der Waals surface area contributed by atoms with Gasteiger partial charge in [0.2, 0.25) is 0 Å². The average Bonchev–Trinajstić information content (AvgIpc) is 2.59. The van der Waals surface area contributed by atoms with Crippen molar-refractivity contribution >= 4 is 0 Å². The van der Waals surface area contributed by atoms with Gasteiger partial charge in [0, 0.05) is 0 Å². The molecular formula is C18H40N2O3.